The Bertz CT molecular complexity index is 683. The van der Waals surface area contributed by atoms with Crippen LogP contribution in [0.25, 0.3) is 10.9 Å². The average Bonchev–Trinajstić information content (AvgIpc) is 2.54. The Hall–Kier alpha value is -2.01. The topological polar surface area (TPSA) is 51.2 Å². The van der Waals surface area contributed by atoms with Crippen molar-refractivity contribution in [3.8, 4) is 0 Å². The van der Waals surface area contributed by atoms with E-state index in [2.05, 4.69) is 10.3 Å². The van der Waals surface area contributed by atoms with Crippen LogP contribution in [0.2, 0.25) is 0 Å². The van der Waals surface area contributed by atoms with Gasteiger partial charge in [0.1, 0.15) is 5.82 Å². The number of nitrogens with zero attached hydrogens (tertiary/aromatic N) is 1. The molecule has 22 heavy (non-hydrogen) atoms. The molecule has 1 unspecified atom stereocenters. The standard InChI is InChI=1S/C17H19FN2O2/c1-11(12-4-7-22-8-5-12)20-17(21)15-10-14(18)9-13-3-2-6-19-16(13)15/h2-3,6,9-12H,4-5,7-8H2,1H3,(H,20,21). The highest BCUT2D eigenvalue weighted by Gasteiger charge is 2.23. The van der Waals surface area contributed by atoms with Crippen LogP contribution in [-0.2, 0) is 4.74 Å². The number of pyridine rings is 1. The van der Waals surface area contributed by atoms with Crippen molar-refractivity contribution < 1.29 is 13.9 Å². The largest absolute Gasteiger partial charge is 0.381 e. The van der Waals surface area contributed by atoms with Gasteiger partial charge in [0.15, 0.2) is 0 Å². The van der Waals surface area contributed by atoms with E-state index in [4.69, 9.17) is 4.74 Å². The molecule has 1 amide bonds. The molecule has 3 rings (SSSR count). The van der Waals surface area contributed by atoms with Gasteiger partial charge in [0.2, 0.25) is 0 Å². The van der Waals surface area contributed by atoms with Gasteiger partial charge in [-0.2, -0.15) is 0 Å². The molecule has 1 aliphatic rings. The zero-order chi connectivity index (χ0) is 15.5. The van der Waals surface area contributed by atoms with Crippen molar-refractivity contribution in [2.24, 2.45) is 5.92 Å². The molecule has 0 radical (unpaired) electrons. The summed E-state index contributed by atoms with van der Waals surface area (Å²) in [6, 6.07) is 6.15. The first-order chi connectivity index (χ1) is 10.6. The normalized spacial score (nSPS) is 17.4. The molecule has 1 aliphatic heterocycles. The predicted octanol–water partition coefficient (Wildman–Crippen LogP) is 2.92. The van der Waals surface area contributed by atoms with Gasteiger partial charge in [0.05, 0.1) is 11.1 Å². The van der Waals surface area contributed by atoms with Crippen LogP contribution in [0, 0.1) is 11.7 Å². The second-order valence-corrected chi connectivity index (χ2v) is 5.74. The predicted molar refractivity (Wildman–Crippen MR) is 82.2 cm³/mol. The van der Waals surface area contributed by atoms with Gasteiger partial charge in [-0.05, 0) is 43.9 Å². The third kappa shape index (κ3) is 3.09. The Kier molecular flexibility index (Phi) is 4.34. The Morgan fingerprint density at radius 2 is 2.18 bits per heavy atom. The van der Waals surface area contributed by atoms with Gasteiger partial charge in [0, 0.05) is 30.8 Å². The number of halogens is 1. The summed E-state index contributed by atoms with van der Waals surface area (Å²) in [7, 11) is 0. The Labute approximate surface area is 128 Å². The van der Waals surface area contributed by atoms with Gasteiger partial charge in [-0.15, -0.1) is 0 Å². The number of fused-ring (bicyclic) bond motifs is 1. The van der Waals surface area contributed by atoms with Crippen molar-refractivity contribution in [1.82, 2.24) is 10.3 Å². The minimum atomic E-state index is -0.427. The van der Waals surface area contributed by atoms with Gasteiger partial charge >= 0.3 is 0 Å². The first-order valence-corrected chi connectivity index (χ1v) is 7.58. The third-order valence-corrected chi connectivity index (χ3v) is 4.25. The fourth-order valence-electron chi connectivity index (χ4n) is 2.95. The van der Waals surface area contributed by atoms with Crippen LogP contribution >= 0.6 is 0 Å². The second-order valence-electron chi connectivity index (χ2n) is 5.74. The highest BCUT2D eigenvalue weighted by atomic mass is 19.1. The molecular formula is C17H19FN2O2. The average molecular weight is 302 g/mol. The lowest BCUT2D eigenvalue weighted by molar-refractivity contribution is 0.0538. The summed E-state index contributed by atoms with van der Waals surface area (Å²) in [5, 5.41) is 3.61. The van der Waals surface area contributed by atoms with Crippen molar-refractivity contribution in [3.63, 3.8) is 0 Å². The van der Waals surface area contributed by atoms with E-state index in [1.165, 1.54) is 12.1 Å². The molecule has 2 aromatic rings. The molecular weight excluding hydrogens is 283 g/mol. The molecule has 1 aromatic carbocycles. The molecule has 1 saturated heterocycles. The number of hydrogen-bond donors (Lipinski definition) is 1. The van der Waals surface area contributed by atoms with E-state index < -0.39 is 5.82 Å². The number of carbonyl (C=O) groups excluding carboxylic acids is 1. The maximum Gasteiger partial charge on any atom is 0.253 e. The van der Waals surface area contributed by atoms with Crippen molar-refractivity contribution in [3.05, 3.63) is 41.8 Å². The van der Waals surface area contributed by atoms with E-state index >= 15 is 0 Å². The summed E-state index contributed by atoms with van der Waals surface area (Å²) in [4.78, 5) is 16.7. The molecule has 5 heteroatoms. The monoisotopic (exact) mass is 302 g/mol. The number of carbonyl (C=O) groups is 1. The zero-order valence-electron chi connectivity index (χ0n) is 12.5. The number of amides is 1. The molecule has 1 fully saturated rings. The van der Waals surface area contributed by atoms with Crippen LogP contribution in [0.5, 0.6) is 0 Å². The Morgan fingerprint density at radius 3 is 2.95 bits per heavy atom. The van der Waals surface area contributed by atoms with E-state index in [0.717, 1.165) is 26.1 Å². The maximum absolute atomic E-state index is 13.7. The van der Waals surface area contributed by atoms with Crippen molar-refractivity contribution in [2.45, 2.75) is 25.8 Å². The van der Waals surface area contributed by atoms with Gasteiger partial charge in [-0.3, -0.25) is 9.78 Å². The Balaban J connectivity index is 1.82. The lowest BCUT2D eigenvalue weighted by Crippen LogP contribution is -2.40. The summed E-state index contributed by atoms with van der Waals surface area (Å²) >= 11 is 0. The molecule has 1 N–H and O–H groups in total. The van der Waals surface area contributed by atoms with E-state index in [9.17, 15) is 9.18 Å². The molecule has 116 valence electrons. The summed E-state index contributed by atoms with van der Waals surface area (Å²) in [6.45, 7) is 3.45. The molecule has 0 spiro atoms. The highest BCUT2D eigenvalue weighted by Crippen LogP contribution is 2.21. The first-order valence-electron chi connectivity index (χ1n) is 7.58. The SMILES string of the molecule is CC(NC(=O)c1cc(F)cc2cccnc12)C1CCOCC1. The van der Waals surface area contributed by atoms with Crippen molar-refractivity contribution in [1.29, 1.82) is 0 Å². The third-order valence-electron chi connectivity index (χ3n) is 4.25. The molecule has 4 nitrogen and oxygen atoms in total. The minimum absolute atomic E-state index is 0.0263. The summed E-state index contributed by atoms with van der Waals surface area (Å²) in [5.41, 5.74) is 0.815. The number of hydrogen-bond acceptors (Lipinski definition) is 3. The van der Waals surface area contributed by atoms with Crippen LogP contribution < -0.4 is 5.32 Å². The summed E-state index contributed by atoms with van der Waals surface area (Å²) < 4.78 is 19.1. The molecule has 0 bridgehead atoms. The van der Waals surface area contributed by atoms with Crippen molar-refractivity contribution >= 4 is 16.8 Å². The fourth-order valence-corrected chi connectivity index (χ4v) is 2.95. The van der Waals surface area contributed by atoms with Gasteiger partial charge in [0.25, 0.3) is 5.91 Å². The number of nitrogens with one attached hydrogen (secondary N) is 1. The van der Waals surface area contributed by atoms with Crippen LogP contribution in [0.3, 0.4) is 0 Å². The quantitative estimate of drug-likeness (QED) is 0.948. The smallest absolute Gasteiger partial charge is 0.253 e. The lowest BCUT2D eigenvalue weighted by atomic mass is 9.92. The lowest BCUT2D eigenvalue weighted by Gasteiger charge is -2.28. The number of ether oxygens (including phenoxy) is 1. The highest BCUT2D eigenvalue weighted by molar-refractivity contribution is 6.05. The van der Waals surface area contributed by atoms with E-state index in [1.54, 1.807) is 18.3 Å². The number of rotatable bonds is 3. The molecule has 2 heterocycles. The van der Waals surface area contributed by atoms with E-state index in [1.807, 2.05) is 6.92 Å². The van der Waals surface area contributed by atoms with Crippen LogP contribution in [0.15, 0.2) is 30.5 Å². The van der Waals surface area contributed by atoms with Crippen LogP contribution in [-0.4, -0.2) is 30.1 Å². The minimum Gasteiger partial charge on any atom is -0.381 e. The Morgan fingerprint density at radius 1 is 1.41 bits per heavy atom. The fraction of sp³-hybridized carbons (Fsp3) is 0.412. The first kappa shape index (κ1) is 14.9. The molecule has 1 atom stereocenters. The van der Waals surface area contributed by atoms with E-state index in [0.29, 0.717) is 16.8 Å². The summed E-state index contributed by atoms with van der Waals surface area (Å²) in [6.07, 6.45) is 3.48. The second kappa shape index (κ2) is 6.40. The molecule has 0 aliphatic carbocycles. The van der Waals surface area contributed by atoms with Gasteiger partial charge < -0.3 is 10.1 Å². The molecule has 1 aromatic heterocycles. The van der Waals surface area contributed by atoms with Crippen LogP contribution in [0.4, 0.5) is 4.39 Å². The summed E-state index contributed by atoms with van der Waals surface area (Å²) in [5.74, 6) is -0.308. The van der Waals surface area contributed by atoms with Crippen LogP contribution in [0.1, 0.15) is 30.1 Å². The number of benzene rings is 1. The van der Waals surface area contributed by atoms with E-state index in [-0.39, 0.29) is 17.5 Å². The van der Waals surface area contributed by atoms with Gasteiger partial charge in [-0.1, -0.05) is 6.07 Å². The molecule has 0 saturated carbocycles. The van der Waals surface area contributed by atoms with Gasteiger partial charge in [-0.25, -0.2) is 4.39 Å². The zero-order valence-corrected chi connectivity index (χ0v) is 12.5. The number of aromatic nitrogens is 1. The maximum atomic E-state index is 13.7. The van der Waals surface area contributed by atoms with Crippen molar-refractivity contribution in [2.75, 3.05) is 13.2 Å².